The zero-order chi connectivity index (χ0) is 14.8. The van der Waals surface area contributed by atoms with Gasteiger partial charge in [-0.2, -0.15) is 5.26 Å². The van der Waals surface area contributed by atoms with E-state index in [1.165, 1.54) is 6.20 Å². The molecule has 21 heavy (non-hydrogen) atoms. The molecule has 0 unspecified atom stereocenters. The largest absolute Gasteiger partial charge is 0.453 e. The minimum absolute atomic E-state index is 0.386. The molecule has 3 aromatic rings. The molecule has 2 N–H and O–H groups in total. The lowest BCUT2D eigenvalue weighted by molar-refractivity contribution is 0.485. The van der Waals surface area contributed by atoms with Gasteiger partial charge in [-0.3, -0.25) is 4.98 Å². The Morgan fingerprint density at radius 2 is 1.90 bits per heavy atom. The molecule has 0 aliphatic carbocycles. The van der Waals surface area contributed by atoms with Crippen molar-refractivity contribution in [3.63, 3.8) is 0 Å². The van der Waals surface area contributed by atoms with E-state index < -0.39 is 0 Å². The standard InChI is InChI=1S/C17H13N3O/c1-11-5-4-7-14(19)16(11)21-17-12(9-18)10-20-15-8-3-2-6-13(15)17/h2-8,10H,19H2,1H3. The lowest BCUT2D eigenvalue weighted by atomic mass is 10.1. The fraction of sp³-hybridized carbons (Fsp3) is 0.0588. The minimum atomic E-state index is 0.386. The third kappa shape index (κ3) is 2.26. The van der Waals surface area contributed by atoms with Gasteiger partial charge in [-0.15, -0.1) is 0 Å². The van der Waals surface area contributed by atoms with Crippen molar-refractivity contribution in [1.29, 1.82) is 5.26 Å². The normalized spacial score (nSPS) is 10.3. The summed E-state index contributed by atoms with van der Waals surface area (Å²) in [4.78, 5) is 4.27. The van der Waals surface area contributed by atoms with Crippen molar-refractivity contribution in [2.24, 2.45) is 0 Å². The van der Waals surface area contributed by atoms with Crippen molar-refractivity contribution < 1.29 is 4.74 Å². The summed E-state index contributed by atoms with van der Waals surface area (Å²) < 4.78 is 5.99. The molecular weight excluding hydrogens is 262 g/mol. The highest BCUT2D eigenvalue weighted by Gasteiger charge is 2.13. The number of anilines is 1. The highest BCUT2D eigenvalue weighted by molar-refractivity contribution is 5.87. The zero-order valence-corrected chi connectivity index (χ0v) is 11.5. The Balaban J connectivity index is 2.22. The topological polar surface area (TPSA) is 71.9 Å². The lowest BCUT2D eigenvalue weighted by Crippen LogP contribution is -1.97. The summed E-state index contributed by atoms with van der Waals surface area (Å²) in [6, 6.07) is 15.2. The van der Waals surface area contributed by atoms with Crippen LogP contribution in [0.15, 0.2) is 48.7 Å². The van der Waals surface area contributed by atoms with Crippen molar-refractivity contribution in [3.05, 3.63) is 59.8 Å². The van der Waals surface area contributed by atoms with Gasteiger partial charge in [-0.1, -0.05) is 24.3 Å². The SMILES string of the molecule is Cc1cccc(N)c1Oc1c(C#N)cnc2ccccc12. The van der Waals surface area contributed by atoms with Gasteiger partial charge in [-0.25, -0.2) is 0 Å². The maximum Gasteiger partial charge on any atom is 0.156 e. The van der Waals surface area contributed by atoms with Crippen molar-refractivity contribution in [1.82, 2.24) is 4.98 Å². The number of nitrogens with two attached hydrogens (primary N) is 1. The van der Waals surface area contributed by atoms with Gasteiger partial charge in [0.1, 0.15) is 11.6 Å². The number of fused-ring (bicyclic) bond motifs is 1. The number of hydrogen-bond donors (Lipinski definition) is 1. The molecular formula is C17H13N3O. The van der Waals surface area contributed by atoms with Crippen LogP contribution in [-0.2, 0) is 0 Å². The Hall–Kier alpha value is -3.06. The monoisotopic (exact) mass is 275 g/mol. The molecule has 0 amide bonds. The molecule has 0 fully saturated rings. The lowest BCUT2D eigenvalue weighted by Gasteiger charge is -2.14. The Kier molecular flexibility index (Phi) is 3.17. The number of benzene rings is 2. The number of aromatic nitrogens is 1. The predicted molar refractivity (Wildman–Crippen MR) is 82.1 cm³/mol. The molecule has 1 heterocycles. The Morgan fingerprint density at radius 3 is 2.67 bits per heavy atom. The second-order valence-corrected chi connectivity index (χ2v) is 4.73. The molecule has 0 radical (unpaired) electrons. The summed E-state index contributed by atoms with van der Waals surface area (Å²) in [7, 11) is 0. The quantitative estimate of drug-likeness (QED) is 0.722. The molecule has 0 aliphatic heterocycles. The van der Waals surface area contributed by atoms with Crippen LogP contribution in [0.25, 0.3) is 10.9 Å². The number of para-hydroxylation sites is 2. The summed E-state index contributed by atoms with van der Waals surface area (Å²) in [5.74, 6) is 1.06. The number of ether oxygens (including phenoxy) is 1. The molecule has 0 saturated carbocycles. The van der Waals surface area contributed by atoms with E-state index in [2.05, 4.69) is 11.1 Å². The Labute approximate surface area is 122 Å². The number of nitrogens with zero attached hydrogens (tertiary/aromatic N) is 2. The van der Waals surface area contributed by atoms with Gasteiger partial charge in [-0.05, 0) is 30.7 Å². The molecule has 102 valence electrons. The van der Waals surface area contributed by atoms with E-state index in [1.807, 2.05) is 43.3 Å². The zero-order valence-electron chi connectivity index (χ0n) is 11.5. The first-order chi connectivity index (χ1) is 10.2. The molecule has 0 spiro atoms. The van der Waals surface area contributed by atoms with Gasteiger partial charge < -0.3 is 10.5 Å². The highest BCUT2D eigenvalue weighted by atomic mass is 16.5. The summed E-state index contributed by atoms with van der Waals surface area (Å²) >= 11 is 0. The van der Waals surface area contributed by atoms with Gasteiger partial charge in [0.2, 0.25) is 0 Å². The van der Waals surface area contributed by atoms with E-state index in [0.717, 1.165) is 16.5 Å². The molecule has 0 saturated heterocycles. The minimum Gasteiger partial charge on any atom is -0.453 e. The average Bonchev–Trinajstić information content (AvgIpc) is 2.51. The van der Waals surface area contributed by atoms with E-state index in [0.29, 0.717) is 22.7 Å². The van der Waals surface area contributed by atoms with Gasteiger partial charge in [0.25, 0.3) is 0 Å². The maximum absolute atomic E-state index is 9.29. The summed E-state index contributed by atoms with van der Waals surface area (Å²) in [5.41, 5.74) is 8.60. The smallest absolute Gasteiger partial charge is 0.156 e. The summed E-state index contributed by atoms with van der Waals surface area (Å²) in [5, 5.41) is 10.1. The van der Waals surface area contributed by atoms with Crippen LogP contribution in [0, 0.1) is 18.3 Å². The van der Waals surface area contributed by atoms with Gasteiger partial charge in [0.05, 0.1) is 11.2 Å². The van der Waals surface area contributed by atoms with Crippen LogP contribution in [-0.4, -0.2) is 4.98 Å². The molecule has 0 aliphatic rings. The summed E-state index contributed by atoms with van der Waals surface area (Å²) in [6.07, 6.45) is 1.52. The number of rotatable bonds is 2. The van der Waals surface area contributed by atoms with E-state index in [-0.39, 0.29) is 0 Å². The molecule has 3 rings (SSSR count). The highest BCUT2D eigenvalue weighted by Crippen LogP contribution is 2.36. The maximum atomic E-state index is 9.29. The van der Waals surface area contributed by atoms with Crippen LogP contribution in [0.3, 0.4) is 0 Å². The first-order valence-corrected chi connectivity index (χ1v) is 6.51. The second kappa shape index (κ2) is 5.14. The van der Waals surface area contributed by atoms with Crippen LogP contribution < -0.4 is 10.5 Å². The van der Waals surface area contributed by atoms with Gasteiger partial charge in [0.15, 0.2) is 11.5 Å². The number of nitrogen functional groups attached to an aromatic ring is 1. The average molecular weight is 275 g/mol. The molecule has 0 bridgehead atoms. The Bertz CT molecular complexity index is 845. The van der Waals surface area contributed by atoms with Crippen LogP contribution in [0.4, 0.5) is 5.69 Å². The van der Waals surface area contributed by atoms with E-state index in [9.17, 15) is 5.26 Å². The van der Waals surface area contributed by atoms with Crippen molar-refractivity contribution in [2.75, 3.05) is 5.73 Å². The van der Waals surface area contributed by atoms with E-state index >= 15 is 0 Å². The number of pyridine rings is 1. The van der Waals surface area contributed by atoms with Gasteiger partial charge in [0, 0.05) is 11.6 Å². The number of aryl methyl sites for hydroxylation is 1. The predicted octanol–water partition coefficient (Wildman–Crippen LogP) is 3.79. The fourth-order valence-corrected chi connectivity index (χ4v) is 2.22. The van der Waals surface area contributed by atoms with Gasteiger partial charge >= 0.3 is 0 Å². The van der Waals surface area contributed by atoms with Crippen LogP contribution in [0.5, 0.6) is 11.5 Å². The van der Waals surface area contributed by atoms with Crippen LogP contribution in [0.1, 0.15) is 11.1 Å². The molecule has 1 aromatic heterocycles. The Morgan fingerprint density at radius 1 is 1.10 bits per heavy atom. The molecule has 4 heteroatoms. The fourth-order valence-electron chi connectivity index (χ4n) is 2.22. The van der Waals surface area contributed by atoms with E-state index in [4.69, 9.17) is 10.5 Å². The first kappa shape index (κ1) is 12.9. The third-order valence-electron chi connectivity index (χ3n) is 3.29. The molecule has 0 atom stereocenters. The van der Waals surface area contributed by atoms with Crippen LogP contribution in [0.2, 0.25) is 0 Å². The summed E-state index contributed by atoms with van der Waals surface area (Å²) in [6.45, 7) is 1.92. The van der Waals surface area contributed by atoms with Crippen molar-refractivity contribution in [2.45, 2.75) is 6.92 Å². The third-order valence-corrected chi connectivity index (χ3v) is 3.29. The van der Waals surface area contributed by atoms with Crippen molar-refractivity contribution in [3.8, 4) is 17.6 Å². The van der Waals surface area contributed by atoms with Crippen molar-refractivity contribution >= 4 is 16.6 Å². The molecule has 4 nitrogen and oxygen atoms in total. The second-order valence-electron chi connectivity index (χ2n) is 4.73. The number of nitriles is 1. The number of hydrogen-bond acceptors (Lipinski definition) is 4. The molecule has 2 aromatic carbocycles. The van der Waals surface area contributed by atoms with E-state index in [1.54, 1.807) is 6.07 Å². The first-order valence-electron chi connectivity index (χ1n) is 6.51. The van der Waals surface area contributed by atoms with Crippen LogP contribution >= 0.6 is 0 Å².